The van der Waals surface area contributed by atoms with Crippen molar-refractivity contribution in [2.24, 2.45) is 4.99 Å². The van der Waals surface area contributed by atoms with Gasteiger partial charge >= 0.3 is 0 Å². The Kier molecular flexibility index (Phi) is 5.08. The maximum atomic E-state index is 11.6. The van der Waals surface area contributed by atoms with Crippen LogP contribution in [0.4, 0.5) is 5.69 Å². The van der Waals surface area contributed by atoms with Gasteiger partial charge in [-0.3, -0.25) is 25.1 Å². The van der Waals surface area contributed by atoms with E-state index in [9.17, 15) is 10.1 Å². The molecule has 2 aromatic heterocycles. The lowest BCUT2D eigenvalue weighted by Crippen LogP contribution is -2.17. The Morgan fingerprint density at radius 1 is 1.03 bits per heavy atom. The van der Waals surface area contributed by atoms with Gasteiger partial charge in [0.05, 0.1) is 10.6 Å². The van der Waals surface area contributed by atoms with Crippen LogP contribution in [-0.4, -0.2) is 20.3 Å². The van der Waals surface area contributed by atoms with Gasteiger partial charge in [0.15, 0.2) is 10.6 Å². The number of benzene rings is 2. The molecule has 0 aliphatic rings. The Labute approximate surface area is 169 Å². The fourth-order valence-corrected chi connectivity index (χ4v) is 3.81. The summed E-state index contributed by atoms with van der Waals surface area (Å²) in [4.78, 5) is 20.1. The molecule has 0 saturated heterocycles. The highest BCUT2D eigenvalue weighted by atomic mass is 32.1. The van der Waals surface area contributed by atoms with E-state index in [1.54, 1.807) is 47.3 Å². The van der Waals surface area contributed by atoms with Crippen LogP contribution in [0.2, 0.25) is 0 Å². The maximum Gasteiger partial charge on any atom is 0.293 e. The van der Waals surface area contributed by atoms with Gasteiger partial charge in [0.2, 0.25) is 0 Å². The van der Waals surface area contributed by atoms with E-state index in [2.05, 4.69) is 9.98 Å². The molecule has 2 heterocycles. The Morgan fingerprint density at radius 2 is 1.72 bits per heavy atom. The van der Waals surface area contributed by atoms with Gasteiger partial charge in [-0.15, -0.1) is 11.3 Å². The van der Waals surface area contributed by atoms with Gasteiger partial charge in [0.25, 0.3) is 5.69 Å². The van der Waals surface area contributed by atoms with Gasteiger partial charge < -0.3 is 0 Å². The first-order valence-corrected chi connectivity index (χ1v) is 9.56. The topological polar surface area (TPSA) is 97.2 Å². The number of nitrogens with one attached hydrogen (secondary N) is 1. The fourth-order valence-electron chi connectivity index (χ4n) is 2.91. The van der Waals surface area contributed by atoms with E-state index in [-0.39, 0.29) is 11.5 Å². The number of nitrogens with zero attached hydrogens (tertiary/aromatic N) is 4. The maximum absolute atomic E-state index is 11.6. The van der Waals surface area contributed by atoms with E-state index in [1.807, 2.05) is 35.7 Å². The van der Waals surface area contributed by atoms with Gasteiger partial charge in [-0.1, -0.05) is 42.5 Å². The Balaban J connectivity index is 1.97. The van der Waals surface area contributed by atoms with Crippen LogP contribution in [0.15, 0.2) is 89.5 Å². The van der Waals surface area contributed by atoms with Crippen LogP contribution in [0.1, 0.15) is 5.56 Å². The standard InChI is InChI=1S/C21H15N5O2S/c22-20(16-10-12-23-13-11-16)24-21-25(17-8-4-5-9-18(17)26(27)28)19(14-29-21)15-6-2-1-3-7-15/h1-14,22H. The van der Waals surface area contributed by atoms with E-state index in [1.165, 1.54) is 17.4 Å². The Bertz CT molecular complexity index is 1250. The van der Waals surface area contributed by atoms with Gasteiger partial charge in [-0.2, -0.15) is 0 Å². The molecule has 8 heteroatoms. The average molecular weight is 401 g/mol. The summed E-state index contributed by atoms with van der Waals surface area (Å²) in [5.74, 6) is 0.0567. The summed E-state index contributed by atoms with van der Waals surface area (Å²) in [6, 6.07) is 19.5. The molecular weight excluding hydrogens is 386 g/mol. The predicted octanol–water partition coefficient (Wildman–Crippen LogP) is 4.44. The van der Waals surface area contributed by atoms with Crippen LogP contribution in [0.5, 0.6) is 0 Å². The van der Waals surface area contributed by atoms with E-state index in [4.69, 9.17) is 5.41 Å². The van der Waals surface area contributed by atoms with Crippen molar-refractivity contribution in [2.75, 3.05) is 0 Å². The van der Waals surface area contributed by atoms with Crippen molar-refractivity contribution in [1.29, 1.82) is 5.41 Å². The molecule has 0 spiro atoms. The summed E-state index contributed by atoms with van der Waals surface area (Å²) in [5, 5.41) is 21.9. The molecular formula is C21H15N5O2S. The number of para-hydroxylation sites is 2. The fraction of sp³-hybridized carbons (Fsp3) is 0. The van der Waals surface area contributed by atoms with Crippen molar-refractivity contribution in [2.45, 2.75) is 0 Å². The molecule has 0 fully saturated rings. The molecule has 0 amide bonds. The molecule has 0 unspecified atom stereocenters. The quantitative estimate of drug-likeness (QED) is 0.237. The van der Waals surface area contributed by atoms with Crippen molar-refractivity contribution in [3.63, 3.8) is 0 Å². The third-order valence-corrected chi connectivity index (χ3v) is 5.08. The van der Waals surface area contributed by atoms with Crippen LogP contribution in [0, 0.1) is 15.5 Å². The molecule has 0 aliphatic heterocycles. The highest BCUT2D eigenvalue weighted by Crippen LogP contribution is 2.28. The Hall–Kier alpha value is -3.91. The summed E-state index contributed by atoms with van der Waals surface area (Å²) >= 11 is 1.33. The normalized spacial score (nSPS) is 11.4. The highest BCUT2D eigenvalue weighted by Gasteiger charge is 2.19. The molecule has 0 radical (unpaired) electrons. The van der Waals surface area contributed by atoms with E-state index in [0.29, 0.717) is 16.1 Å². The smallest absolute Gasteiger partial charge is 0.282 e. The van der Waals surface area contributed by atoms with Gasteiger partial charge in [-0.25, -0.2) is 4.99 Å². The van der Waals surface area contributed by atoms with Crippen LogP contribution >= 0.6 is 11.3 Å². The van der Waals surface area contributed by atoms with Crippen molar-refractivity contribution in [3.8, 4) is 16.9 Å². The molecule has 0 saturated carbocycles. The molecule has 0 aliphatic carbocycles. The first-order chi connectivity index (χ1) is 14.1. The first-order valence-electron chi connectivity index (χ1n) is 8.68. The second-order valence-corrected chi connectivity index (χ2v) is 6.88. The third kappa shape index (κ3) is 3.74. The zero-order valence-corrected chi connectivity index (χ0v) is 15.9. The minimum absolute atomic E-state index is 0.0278. The molecule has 2 aromatic carbocycles. The zero-order valence-electron chi connectivity index (χ0n) is 15.1. The summed E-state index contributed by atoms with van der Waals surface area (Å²) in [6.07, 6.45) is 3.19. The van der Waals surface area contributed by atoms with Crippen molar-refractivity contribution in [3.05, 3.63) is 105 Å². The Morgan fingerprint density at radius 3 is 2.45 bits per heavy atom. The molecule has 1 N–H and O–H groups in total. The number of rotatable bonds is 4. The molecule has 0 atom stereocenters. The molecule has 29 heavy (non-hydrogen) atoms. The predicted molar refractivity (Wildman–Crippen MR) is 112 cm³/mol. The highest BCUT2D eigenvalue weighted by molar-refractivity contribution is 7.07. The zero-order chi connectivity index (χ0) is 20.2. The number of pyridine rings is 1. The van der Waals surface area contributed by atoms with E-state index in [0.717, 1.165) is 11.3 Å². The molecule has 142 valence electrons. The van der Waals surface area contributed by atoms with Crippen molar-refractivity contribution < 1.29 is 4.92 Å². The van der Waals surface area contributed by atoms with Crippen LogP contribution in [-0.2, 0) is 0 Å². The van der Waals surface area contributed by atoms with Crippen molar-refractivity contribution in [1.82, 2.24) is 9.55 Å². The lowest BCUT2D eigenvalue weighted by atomic mass is 10.1. The summed E-state index contributed by atoms with van der Waals surface area (Å²) in [5.41, 5.74) is 2.66. The summed E-state index contributed by atoms with van der Waals surface area (Å²) in [6.45, 7) is 0. The number of amidine groups is 1. The van der Waals surface area contributed by atoms with Gasteiger partial charge in [0.1, 0.15) is 5.69 Å². The second kappa shape index (κ2) is 7.99. The molecule has 4 rings (SSSR count). The summed E-state index contributed by atoms with van der Waals surface area (Å²) < 4.78 is 1.73. The van der Waals surface area contributed by atoms with E-state index >= 15 is 0 Å². The second-order valence-electron chi connectivity index (χ2n) is 6.05. The number of nitro benzene ring substituents is 1. The van der Waals surface area contributed by atoms with Crippen LogP contribution in [0.25, 0.3) is 16.9 Å². The van der Waals surface area contributed by atoms with Gasteiger partial charge in [-0.05, 0) is 23.8 Å². The number of nitro groups is 1. The number of thiazole rings is 1. The third-order valence-electron chi connectivity index (χ3n) is 4.26. The molecule has 7 nitrogen and oxygen atoms in total. The monoisotopic (exact) mass is 401 g/mol. The van der Waals surface area contributed by atoms with Gasteiger partial charge in [0, 0.05) is 29.4 Å². The van der Waals surface area contributed by atoms with Crippen LogP contribution < -0.4 is 4.80 Å². The number of aromatic nitrogens is 2. The lowest BCUT2D eigenvalue weighted by Gasteiger charge is -2.10. The lowest BCUT2D eigenvalue weighted by molar-refractivity contribution is -0.384. The SMILES string of the molecule is N=C(N=c1scc(-c2ccccc2)n1-c1ccccc1[N+](=O)[O-])c1ccncc1. The minimum Gasteiger partial charge on any atom is -0.282 e. The average Bonchev–Trinajstić information content (AvgIpc) is 3.18. The summed E-state index contributed by atoms with van der Waals surface area (Å²) in [7, 11) is 0. The minimum atomic E-state index is -0.410. The molecule has 0 bridgehead atoms. The van der Waals surface area contributed by atoms with E-state index < -0.39 is 4.92 Å². The van der Waals surface area contributed by atoms with Crippen molar-refractivity contribution >= 4 is 22.9 Å². The number of hydrogen-bond acceptors (Lipinski definition) is 5. The van der Waals surface area contributed by atoms with Crippen LogP contribution in [0.3, 0.4) is 0 Å². The number of hydrogen-bond donors (Lipinski definition) is 1. The molecule has 4 aromatic rings. The largest absolute Gasteiger partial charge is 0.293 e. The first kappa shape index (κ1) is 18.5.